The standard InChI is InChI=1S/C19H22F2N2O/c1-14(17-10-9-16(20)12-18(17)21)23-13-19(24)22-11-5-8-15-6-3-2-4-7-15/h2-4,6-7,9-10,12,14,23H,5,8,11,13H2,1H3,(H,22,24)/t14-/m1/s1. The number of hydrogen-bond donors (Lipinski definition) is 2. The summed E-state index contributed by atoms with van der Waals surface area (Å²) in [5.74, 6) is -1.37. The molecule has 0 aliphatic carbocycles. The van der Waals surface area contributed by atoms with Gasteiger partial charge in [0.1, 0.15) is 11.6 Å². The molecule has 0 aliphatic rings. The van der Waals surface area contributed by atoms with Crippen molar-refractivity contribution < 1.29 is 13.6 Å². The third kappa shape index (κ3) is 5.74. The highest BCUT2D eigenvalue weighted by molar-refractivity contribution is 5.78. The second-order valence-corrected chi connectivity index (χ2v) is 5.71. The van der Waals surface area contributed by atoms with E-state index in [2.05, 4.69) is 22.8 Å². The number of nitrogens with one attached hydrogen (secondary N) is 2. The van der Waals surface area contributed by atoms with Gasteiger partial charge in [0.15, 0.2) is 0 Å². The van der Waals surface area contributed by atoms with Gasteiger partial charge >= 0.3 is 0 Å². The van der Waals surface area contributed by atoms with Gasteiger partial charge in [0, 0.05) is 24.2 Å². The van der Waals surface area contributed by atoms with Crippen LogP contribution in [-0.4, -0.2) is 19.0 Å². The Morgan fingerprint density at radius 2 is 1.88 bits per heavy atom. The molecule has 24 heavy (non-hydrogen) atoms. The van der Waals surface area contributed by atoms with Crippen LogP contribution < -0.4 is 10.6 Å². The first-order chi connectivity index (χ1) is 11.6. The summed E-state index contributed by atoms with van der Waals surface area (Å²) in [6.45, 7) is 2.41. The Labute approximate surface area is 141 Å². The van der Waals surface area contributed by atoms with E-state index in [9.17, 15) is 13.6 Å². The maximum atomic E-state index is 13.7. The molecule has 0 fully saturated rings. The summed E-state index contributed by atoms with van der Waals surface area (Å²) in [5, 5.41) is 5.77. The summed E-state index contributed by atoms with van der Waals surface area (Å²) in [7, 11) is 0. The molecule has 0 saturated heterocycles. The fourth-order valence-electron chi connectivity index (χ4n) is 2.44. The van der Waals surface area contributed by atoms with Gasteiger partial charge < -0.3 is 10.6 Å². The van der Waals surface area contributed by atoms with Crippen molar-refractivity contribution in [2.75, 3.05) is 13.1 Å². The molecule has 0 aliphatic heterocycles. The Morgan fingerprint density at radius 1 is 1.12 bits per heavy atom. The van der Waals surface area contributed by atoms with Crippen molar-refractivity contribution >= 4 is 5.91 Å². The summed E-state index contributed by atoms with van der Waals surface area (Å²) in [6, 6.07) is 13.1. The number of rotatable bonds is 8. The second kappa shape index (κ2) is 9.13. The van der Waals surface area contributed by atoms with Crippen LogP contribution in [0.1, 0.15) is 30.5 Å². The van der Waals surface area contributed by atoms with Crippen LogP contribution in [0.25, 0.3) is 0 Å². The average Bonchev–Trinajstić information content (AvgIpc) is 2.57. The first kappa shape index (κ1) is 18.1. The van der Waals surface area contributed by atoms with Crippen molar-refractivity contribution in [1.29, 1.82) is 0 Å². The van der Waals surface area contributed by atoms with Gasteiger partial charge in [-0.2, -0.15) is 0 Å². The molecule has 2 rings (SSSR count). The minimum absolute atomic E-state index is 0.0866. The van der Waals surface area contributed by atoms with Gasteiger partial charge in [-0.15, -0.1) is 0 Å². The molecule has 0 bridgehead atoms. The molecule has 1 amide bonds. The number of aryl methyl sites for hydroxylation is 1. The van der Waals surface area contributed by atoms with Crippen LogP contribution in [0.2, 0.25) is 0 Å². The maximum absolute atomic E-state index is 13.7. The van der Waals surface area contributed by atoms with Crippen LogP contribution in [0.4, 0.5) is 8.78 Å². The van der Waals surface area contributed by atoms with Crippen molar-refractivity contribution in [2.24, 2.45) is 0 Å². The van der Waals surface area contributed by atoms with E-state index >= 15 is 0 Å². The minimum atomic E-state index is -0.613. The molecule has 0 radical (unpaired) electrons. The highest BCUT2D eigenvalue weighted by Crippen LogP contribution is 2.17. The molecule has 128 valence electrons. The number of halogens is 2. The Hall–Kier alpha value is -2.27. The zero-order valence-corrected chi connectivity index (χ0v) is 13.7. The molecular weight excluding hydrogens is 310 g/mol. The van der Waals surface area contributed by atoms with Crippen LogP contribution in [0.15, 0.2) is 48.5 Å². The van der Waals surface area contributed by atoms with Crippen LogP contribution in [0, 0.1) is 11.6 Å². The van der Waals surface area contributed by atoms with Gasteiger partial charge in [0.25, 0.3) is 0 Å². The first-order valence-electron chi connectivity index (χ1n) is 8.05. The molecule has 0 spiro atoms. The molecule has 5 heteroatoms. The lowest BCUT2D eigenvalue weighted by Gasteiger charge is -2.15. The van der Waals surface area contributed by atoms with E-state index in [1.807, 2.05) is 18.2 Å². The molecule has 2 aromatic rings. The molecule has 2 aromatic carbocycles. The Balaban J connectivity index is 1.67. The smallest absolute Gasteiger partial charge is 0.233 e. The third-order valence-corrected chi connectivity index (χ3v) is 3.81. The maximum Gasteiger partial charge on any atom is 0.233 e. The minimum Gasteiger partial charge on any atom is -0.355 e. The summed E-state index contributed by atoms with van der Waals surface area (Å²) >= 11 is 0. The first-order valence-corrected chi connectivity index (χ1v) is 8.05. The Morgan fingerprint density at radius 3 is 2.58 bits per heavy atom. The number of benzene rings is 2. The Bertz CT molecular complexity index is 662. The van der Waals surface area contributed by atoms with Crippen molar-refractivity contribution in [3.05, 3.63) is 71.3 Å². The van der Waals surface area contributed by atoms with Crippen molar-refractivity contribution in [3.8, 4) is 0 Å². The van der Waals surface area contributed by atoms with Crippen LogP contribution in [0.5, 0.6) is 0 Å². The van der Waals surface area contributed by atoms with Crippen LogP contribution in [-0.2, 0) is 11.2 Å². The van der Waals surface area contributed by atoms with E-state index in [0.29, 0.717) is 12.1 Å². The number of carbonyl (C=O) groups excluding carboxylic acids is 1. The SMILES string of the molecule is C[C@@H](NCC(=O)NCCCc1ccccc1)c1ccc(F)cc1F. The van der Waals surface area contributed by atoms with Gasteiger partial charge in [-0.25, -0.2) is 8.78 Å². The monoisotopic (exact) mass is 332 g/mol. The van der Waals surface area contributed by atoms with Crippen molar-refractivity contribution in [1.82, 2.24) is 10.6 Å². The Kier molecular flexibility index (Phi) is 6.88. The lowest BCUT2D eigenvalue weighted by atomic mass is 10.1. The zero-order valence-electron chi connectivity index (χ0n) is 13.7. The van der Waals surface area contributed by atoms with Gasteiger partial charge in [-0.05, 0) is 31.4 Å². The fourth-order valence-corrected chi connectivity index (χ4v) is 2.44. The largest absolute Gasteiger partial charge is 0.355 e. The van der Waals surface area contributed by atoms with Gasteiger partial charge in [0.2, 0.25) is 5.91 Å². The number of carbonyl (C=O) groups is 1. The van der Waals surface area contributed by atoms with E-state index in [1.165, 1.54) is 17.7 Å². The van der Waals surface area contributed by atoms with Gasteiger partial charge in [-0.3, -0.25) is 4.79 Å². The van der Waals surface area contributed by atoms with E-state index in [1.54, 1.807) is 6.92 Å². The van der Waals surface area contributed by atoms with E-state index < -0.39 is 11.6 Å². The quantitative estimate of drug-likeness (QED) is 0.728. The second-order valence-electron chi connectivity index (χ2n) is 5.71. The molecule has 0 aromatic heterocycles. The lowest BCUT2D eigenvalue weighted by Crippen LogP contribution is -2.35. The summed E-state index contributed by atoms with van der Waals surface area (Å²) in [4.78, 5) is 11.8. The summed E-state index contributed by atoms with van der Waals surface area (Å²) < 4.78 is 26.6. The lowest BCUT2D eigenvalue weighted by molar-refractivity contribution is -0.120. The summed E-state index contributed by atoms with van der Waals surface area (Å²) in [6.07, 6.45) is 1.77. The van der Waals surface area contributed by atoms with Gasteiger partial charge in [0.05, 0.1) is 6.54 Å². The third-order valence-electron chi connectivity index (χ3n) is 3.81. The molecule has 0 heterocycles. The predicted molar refractivity (Wildman–Crippen MR) is 90.5 cm³/mol. The van der Waals surface area contributed by atoms with E-state index in [4.69, 9.17) is 0 Å². The molecule has 0 saturated carbocycles. The summed E-state index contributed by atoms with van der Waals surface area (Å²) in [5.41, 5.74) is 1.58. The van der Waals surface area contributed by atoms with Crippen molar-refractivity contribution in [2.45, 2.75) is 25.8 Å². The molecular formula is C19H22F2N2O. The van der Waals surface area contributed by atoms with E-state index in [-0.39, 0.29) is 18.5 Å². The molecule has 1 atom stereocenters. The fraction of sp³-hybridized carbons (Fsp3) is 0.316. The normalized spacial score (nSPS) is 12.0. The van der Waals surface area contributed by atoms with E-state index in [0.717, 1.165) is 18.9 Å². The van der Waals surface area contributed by atoms with Crippen LogP contribution in [0.3, 0.4) is 0 Å². The topological polar surface area (TPSA) is 41.1 Å². The number of hydrogen-bond acceptors (Lipinski definition) is 2. The average molecular weight is 332 g/mol. The van der Waals surface area contributed by atoms with Crippen LogP contribution >= 0.6 is 0 Å². The highest BCUT2D eigenvalue weighted by Gasteiger charge is 2.12. The predicted octanol–water partition coefficient (Wildman–Crippen LogP) is 3.36. The van der Waals surface area contributed by atoms with Gasteiger partial charge in [-0.1, -0.05) is 36.4 Å². The zero-order chi connectivity index (χ0) is 17.4. The number of amides is 1. The highest BCUT2D eigenvalue weighted by atomic mass is 19.1. The van der Waals surface area contributed by atoms with Crippen molar-refractivity contribution in [3.63, 3.8) is 0 Å². The molecule has 0 unspecified atom stereocenters. The molecule has 2 N–H and O–H groups in total. The molecule has 3 nitrogen and oxygen atoms in total.